The maximum absolute atomic E-state index is 12.8. The maximum atomic E-state index is 12.8. The summed E-state index contributed by atoms with van der Waals surface area (Å²) in [5, 5.41) is 0. The van der Waals surface area contributed by atoms with Gasteiger partial charge < -0.3 is 14.2 Å². The van der Waals surface area contributed by atoms with Gasteiger partial charge in [-0.2, -0.15) is 0 Å². The van der Waals surface area contributed by atoms with E-state index in [2.05, 4.69) is 57.2 Å². The topological polar surface area (TPSA) is 78.9 Å². The summed E-state index contributed by atoms with van der Waals surface area (Å²) in [6.07, 6.45) is 64.1. The average molecular weight is 914 g/mol. The molecular formula is C59H108O6. The number of esters is 3. The summed E-state index contributed by atoms with van der Waals surface area (Å²) in [6, 6.07) is 0. The average Bonchev–Trinajstić information content (AvgIpc) is 3.30. The van der Waals surface area contributed by atoms with E-state index in [4.69, 9.17) is 14.2 Å². The molecule has 0 bridgehead atoms. The molecular weight excluding hydrogens is 805 g/mol. The monoisotopic (exact) mass is 913 g/mol. The van der Waals surface area contributed by atoms with Crippen molar-refractivity contribution >= 4 is 17.9 Å². The third kappa shape index (κ3) is 52.5. The second-order valence-corrected chi connectivity index (χ2v) is 19.2. The fourth-order valence-electron chi connectivity index (χ4n) is 8.29. The number of carbonyl (C=O) groups excluding carboxylic acids is 3. The predicted molar refractivity (Wildman–Crippen MR) is 279 cm³/mol. The van der Waals surface area contributed by atoms with Crippen LogP contribution in [-0.4, -0.2) is 37.2 Å². The molecule has 1 atom stereocenters. The lowest BCUT2D eigenvalue weighted by atomic mass is 10.0. The lowest BCUT2D eigenvalue weighted by Crippen LogP contribution is -2.30. The van der Waals surface area contributed by atoms with Gasteiger partial charge in [-0.15, -0.1) is 0 Å². The van der Waals surface area contributed by atoms with E-state index < -0.39 is 6.10 Å². The largest absolute Gasteiger partial charge is 0.462 e. The fourth-order valence-corrected chi connectivity index (χ4v) is 8.29. The van der Waals surface area contributed by atoms with E-state index in [-0.39, 0.29) is 31.1 Å². The Morgan fingerprint density at radius 1 is 0.308 bits per heavy atom. The molecule has 0 aromatic carbocycles. The Morgan fingerprint density at radius 3 is 0.892 bits per heavy atom. The quantitative estimate of drug-likeness (QED) is 0.0262. The Hall–Kier alpha value is -2.37. The molecule has 0 N–H and O–H groups in total. The SMILES string of the molecule is CCCCC/C=C\C/C=C\CCCCCCCCCC(=O)OC[C@H](COC(=O)CCCCCCCCC/C=C\CCCCCCCC)OC(=O)CCCCCCCCCCCCCCC. The summed E-state index contributed by atoms with van der Waals surface area (Å²) in [5.74, 6) is -0.869. The second kappa shape index (κ2) is 54.2. The molecule has 0 heterocycles. The van der Waals surface area contributed by atoms with Crippen LogP contribution in [0.3, 0.4) is 0 Å². The number of unbranched alkanes of at least 4 members (excludes halogenated alkanes) is 35. The molecule has 0 aliphatic heterocycles. The molecule has 0 spiro atoms. The van der Waals surface area contributed by atoms with Crippen molar-refractivity contribution in [2.75, 3.05) is 13.2 Å². The van der Waals surface area contributed by atoms with E-state index >= 15 is 0 Å². The van der Waals surface area contributed by atoms with Gasteiger partial charge in [-0.3, -0.25) is 14.4 Å². The van der Waals surface area contributed by atoms with Crippen molar-refractivity contribution in [1.82, 2.24) is 0 Å². The first-order valence-electron chi connectivity index (χ1n) is 28.5. The molecule has 0 radical (unpaired) electrons. The molecule has 0 saturated carbocycles. The van der Waals surface area contributed by atoms with Gasteiger partial charge in [-0.1, -0.05) is 243 Å². The van der Waals surface area contributed by atoms with Crippen LogP contribution in [0, 0.1) is 0 Å². The molecule has 0 unspecified atom stereocenters. The highest BCUT2D eigenvalue weighted by atomic mass is 16.6. The molecule has 0 fully saturated rings. The van der Waals surface area contributed by atoms with Gasteiger partial charge in [0.25, 0.3) is 0 Å². The van der Waals surface area contributed by atoms with Crippen LogP contribution in [0.25, 0.3) is 0 Å². The van der Waals surface area contributed by atoms with Crippen molar-refractivity contribution in [2.45, 2.75) is 309 Å². The minimum absolute atomic E-state index is 0.0736. The molecule has 0 aliphatic carbocycles. The Labute approximate surface area is 404 Å². The number of allylic oxidation sites excluding steroid dienone is 6. The molecule has 65 heavy (non-hydrogen) atoms. The number of rotatable bonds is 52. The van der Waals surface area contributed by atoms with Gasteiger partial charge >= 0.3 is 17.9 Å². The van der Waals surface area contributed by atoms with Gasteiger partial charge in [0.2, 0.25) is 0 Å². The van der Waals surface area contributed by atoms with Crippen LogP contribution < -0.4 is 0 Å². The predicted octanol–water partition coefficient (Wildman–Crippen LogP) is 18.9. The van der Waals surface area contributed by atoms with Crippen molar-refractivity contribution < 1.29 is 28.6 Å². The number of ether oxygens (including phenoxy) is 3. The van der Waals surface area contributed by atoms with Crippen LogP contribution >= 0.6 is 0 Å². The van der Waals surface area contributed by atoms with E-state index in [1.165, 1.54) is 193 Å². The molecule has 380 valence electrons. The molecule has 0 aliphatic rings. The zero-order valence-corrected chi connectivity index (χ0v) is 43.5. The van der Waals surface area contributed by atoms with Crippen LogP contribution in [0.5, 0.6) is 0 Å². The first-order chi connectivity index (χ1) is 32.0. The van der Waals surface area contributed by atoms with E-state index in [0.29, 0.717) is 19.3 Å². The first-order valence-corrected chi connectivity index (χ1v) is 28.5. The highest BCUT2D eigenvalue weighted by Gasteiger charge is 2.19. The molecule has 0 rings (SSSR count). The third-order valence-corrected chi connectivity index (χ3v) is 12.6. The Bertz CT molecular complexity index is 1090. The minimum atomic E-state index is -0.773. The molecule has 6 heteroatoms. The summed E-state index contributed by atoms with van der Waals surface area (Å²) < 4.78 is 16.9. The van der Waals surface area contributed by atoms with Crippen molar-refractivity contribution in [3.63, 3.8) is 0 Å². The van der Waals surface area contributed by atoms with E-state index in [1.54, 1.807) is 0 Å². The lowest BCUT2D eigenvalue weighted by Gasteiger charge is -2.18. The van der Waals surface area contributed by atoms with Crippen LogP contribution in [0.4, 0.5) is 0 Å². The minimum Gasteiger partial charge on any atom is -0.462 e. The summed E-state index contributed by atoms with van der Waals surface area (Å²) in [7, 11) is 0. The van der Waals surface area contributed by atoms with Gasteiger partial charge in [-0.25, -0.2) is 0 Å². The summed E-state index contributed by atoms with van der Waals surface area (Å²) in [6.45, 7) is 6.63. The third-order valence-electron chi connectivity index (χ3n) is 12.6. The van der Waals surface area contributed by atoms with Gasteiger partial charge in [0.05, 0.1) is 0 Å². The number of hydrogen-bond donors (Lipinski definition) is 0. The van der Waals surface area contributed by atoms with Crippen molar-refractivity contribution in [3.8, 4) is 0 Å². The highest BCUT2D eigenvalue weighted by Crippen LogP contribution is 2.16. The Balaban J connectivity index is 4.34. The van der Waals surface area contributed by atoms with Crippen LogP contribution in [0.2, 0.25) is 0 Å². The molecule has 6 nitrogen and oxygen atoms in total. The van der Waals surface area contributed by atoms with E-state index in [9.17, 15) is 14.4 Å². The first kappa shape index (κ1) is 62.6. The number of hydrogen-bond acceptors (Lipinski definition) is 6. The summed E-state index contributed by atoms with van der Waals surface area (Å²) in [4.78, 5) is 38.1. The van der Waals surface area contributed by atoms with Gasteiger partial charge in [0.1, 0.15) is 13.2 Å². The molecule has 0 amide bonds. The van der Waals surface area contributed by atoms with Crippen LogP contribution in [0.1, 0.15) is 303 Å². The summed E-state index contributed by atoms with van der Waals surface area (Å²) >= 11 is 0. The standard InChI is InChI=1S/C59H108O6/c1-4-7-10-13-16-19-22-25-27-29-31-34-36-39-42-45-48-51-57(60)63-54-56(65-59(62)53-50-47-44-41-38-33-24-21-18-15-12-9-6-3)55-64-58(61)52-49-46-43-40-37-35-32-30-28-26-23-20-17-14-11-8-5-2/h16,19,25-28,56H,4-15,17-18,20-24,29-55H2,1-3H3/b19-16-,27-25-,28-26-/t56-/m1/s1. The van der Waals surface area contributed by atoms with Crippen molar-refractivity contribution in [3.05, 3.63) is 36.5 Å². The van der Waals surface area contributed by atoms with Gasteiger partial charge in [-0.05, 0) is 77.0 Å². The van der Waals surface area contributed by atoms with Crippen molar-refractivity contribution in [2.24, 2.45) is 0 Å². The van der Waals surface area contributed by atoms with E-state index in [0.717, 1.165) is 70.6 Å². The number of carbonyl (C=O) groups is 3. The zero-order valence-electron chi connectivity index (χ0n) is 43.5. The lowest BCUT2D eigenvalue weighted by molar-refractivity contribution is -0.167. The maximum Gasteiger partial charge on any atom is 0.306 e. The summed E-state index contributed by atoms with van der Waals surface area (Å²) in [5.41, 5.74) is 0. The van der Waals surface area contributed by atoms with Crippen molar-refractivity contribution in [1.29, 1.82) is 0 Å². The molecule has 0 saturated heterocycles. The molecule has 0 aromatic heterocycles. The second-order valence-electron chi connectivity index (χ2n) is 19.2. The Morgan fingerprint density at radius 2 is 0.554 bits per heavy atom. The van der Waals surface area contributed by atoms with Crippen LogP contribution in [-0.2, 0) is 28.6 Å². The van der Waals surface area contributed by atoms with Crippen LogP contribution in [0.15, 0.2) is 36.5 Å². The smallest absolute Gasteiger partial charge is 0.306 e. The van der Waals surface area contributed by atoms with Gasteiger partial charge in [0, 0.05) is 19.3 Å². The molecule has 0 aromatic rings. The van der Waals surface area contributed by atoms with Gasteiger partial charge in [0.15, 0.2) is 6.10 Å². The zero-order chi connectivity index (χ0) is 47.2. The highest BCUT2D eigenvalue weighted by molar-refractivity contribution is 5.71. The normalized spacial score (nSPS) is 12.2. The fraction of sp³-hybridized carbons (Fsp3) is 0.847. The Kier molecular flexibility index (Phi) is 52.3. The van der Waals surface area contributed by atoms with E-state index in [1.807, 2.05) is 0 Å².